The molecule has 0 radical (unpaired) electrons. The Hall–Kier alpha value is -1.62. The van der Waals surface area contributed by atoms with Crippen molar-refractivity contribution in [3.05, 3.63) is 23.9 Å². The zero-order valence-electron chi connectivity index (χ0n) is 12.2. The normalized spacial score (nSPS) is 21.7. The van der Waals surface area contributed by atoms with Crippen molar-refractivity contribution < 1.29 is 9.53 Å². The Morgan fingerprint density at radius 1 is 1.55 bits per heavy atom. The first kappa shape index (κ1) is 14.8. The predicted molar refractivity (Wildman–Crippen MR) is 78.9 cm³/mol. The quantitative estimate of drug-likeness (QED) is 0.836. The SMILES string of the molecule is CCCNc1ncccc1C(=O)NCC1(C)CCCO1. The van der Waals surface area contributed by atoms with E-state index in [0.29, 0.717) is 17.9 Å². The van der Waals surface area contributed by atoms with Gasteiger partial charge in [0.1, 0.15) is 5.82 Å². The minimum atomic E-state index is -0.227. The third kappa shape index (κ3) is 3.70. The van der Waals surface area contributed by atoms with E-state index < -0.39 is 0 Å². The average Bonchev–Trinajstić information content (AvgIpc) is 2.90. The van der Waals surface area contributed by atoms with Crippen molar-refractivity contribution in [2.75, 3.05) is 25.0 Å². The molecule has 1 saturated heterocycles. The molecule has 1 aromatic heterocycles. The summed E-state index contributed by atoms with van der Waals surface area (Å²) in [5.41, 5.74) is 0.358. The summed E-state index contributed by atoms with van der Waals surface area (Å²) in [6.07, 6.45) is 4.73. The molecule has 1 atom stereocenters. The van der Waals surface area contributed by atoms with Crippen LogP contribution in [0.1, 0.15) is 43.5 Å². The molecule has 2 N–H and O–H groups in total. The molecule has 20 heavy (non-hydrogen) atoms. The fraction of sp³-hybridized carbons (Fsp3) is 0.600. The summed E-state index contributed by atoms with van der Waals surface area (Å²) in [4.78, 5) is 16.5. The third-order valence-electron chi connectivity index (χ3n) is 3.52. The lowest BCUT2D eigenvalue weighted by Gasteiger charge is -2.23. The first-order valence-corrected chi connectivity index (χ1v) is 7.26. The number of nitrogens with zero attached hydrogens (tertiary/aromatic N) is 1. The van der Waals surface area contributed by atoms with Crippen LogP contribution >= 0.6 is 0 Å². The van der Waals surface area contributed by atoms with Gasteiger partial charge in [-0.3, -0.25) is 4.79 Å². The van der Waals surface area contributed by atoms with Gasteiger partial charge in [-0.05, 0) is 38.3 Å². The minimum absolute atomic E-state index is 0.103. The first-order chi connectivity index (χ1) is 9.64. The number of amides is 1. The van der Waals surface area contributed by atoms with Gasteiger partial charge in [-0.25, -0.2) is 4.98 Å². The average molecular weight is 277 g/mol. The number of pyridine rings is 1. The van der Waals surface area contributed by atoms with Gasteiger partial charge < -0.3 is 15.4 Å². The number of aromatic nitrogens is 1. The molecule has 1 aliphatic rings. The summed E-state index contributed by atoms with van der Waals surface area (Å²) >= 11 is 0. The maximum absolute atomic E-state index is 12.3. The van der Waals surface area contributed by atoms with Crippen LogP contribution in [0.2, 0.25) is 0 Å². The highest BCUT2D eigenvalue weighted by molar-refractivity contribution is 5.98. The Bertz CT molecular complexity index is 456. The van der Waals surface area contributed by atoms with E-state index in [2.05, 4.69) is 22.5 Å². The molecular weight excluding hydrogens is 254 g/mol. The molecule has 2 rings (SSSR count). The van der Waals surface area contributed by atoms with Gasteiger partial charge in [-0.2, -0.15) is 0 Å². The van der Waals surface area contributed by atoms with Crippen LogP contribution in [0.4, 0.5) is 5.82 Å². The summed E-state index contributed by atoms with van der Waals surface area (Å²) in [7, 11) is 0. The van der Waals surface area contributed by atoms with E-state index in [-0.39, 0.29) is 11.5 Å². The van der Waals surface area contributed by atoms with E-state index in [1.54, 1.807) is 18.3 Å². The number of rotatable bonds is 6. The second kappa shape index (κ2) is 6.70. The van der Waals surface area contributed by atoms with Crippen molar-refractivity contribution in [3.8, 4) is 0 Å². The van der Waals surface area contributed by atoms with Gasteiger partial charge >= 0.3 is 0 Å². The fourth-order valence-electron chi connectivity index (χ4n) is 2.31. The molecule has 0 aromatic carbocycles. The van der Waals surface area contributed by atoms with Crippen LogP contribution in [-0.2, 0) is 4.74 Å². The van der Waals surface area contributed by atoms with Gasteiger partial charge in [0.25, 0.3) is 5.91 Å². The molecule has 110 valence electrons. The molecule has 1 aromatic rings. The molecule has 5 heteroatoms. The van der Waals surface area contributed by atoms with Gasteiger partial charge in [0, 0.05) is 25.9 Å². The topological polar surface area (TPSA) is 63.2 Å². The lowest BCUT2D eigenvalue weighted by atomic mass is 10.0. The maximum atomic E-state index is 12.3. The van der Waals surface area contributed by atoms with E-state index in [0.717, 1.165) is 32.4 Å². The van der Waals surface area contributed by atoms with E-state index >= 15 is 0 Å². The van der Waals surface area contributed by atoms with Gasteiger partial charge in [0.05, 0.1) is 11.2 Å². The molecule has 2 heterocycles. The van der Waals surface area contributed by atoms with Crippen molar-refractivity contribution in [1.29, 1.82) is 0 Å². The summed E-state index contributed by atoms with van der Waals surface area (Å²) in [5, 5.41) is 6.13. The minimum Gasteiger partial charge on any atom is -0.373 e. The van der Waals surface area contributed by atoms with Crippen molar-refractivity contribution in [1.82, 2.24) is 10.3 Å². The Kier molecular flexibility index (Phi) is 4.95. The molecule has 1 fully saturated rings. The smallest absolute Gasteiger partial charge is 0.255 e. The number of hydrogen-bond donors (Lipinski definition) is 2. The molecule has 1 amide bonds. The zero-order chi connectivity index (χ0) is 14.4. The van der Waals surface area contributed by atoms with Gasteiger partial charge in [-0.15, -0.1) is 0 Å². The van der Waals surface area contributed by atoms with Crippen LogP contribution in [-0.4, -0.2) is 36.2 Å². The predicted octanol–water partition coefficient (Wildman–Crippen LogP) is 2.20. The lowest BCUT2D eigenvalue weighted by Crippen LogP contribution is -2.40. The number of nitrogens with one attached hydrogen (secondary N) is 2. The molecule has 0 aliphatic carbocycles. The van der Waals surface area contributed by atoms with E-state index in [9.17, 15) is 4.79 Å². The standard InChI is InChI=1S/C15H23N3O2/c1-3-8-16-13-12(6-4-9-17-13)14(19)18-11-15(2)7-5-10-20-15/h4,6,9H,3,5,7-8,10-11H2,1-2H3,(H,16,17)(H,18,19). The lowest BCUT2D eigenvalue weighted by molar-refractivity contribution is 0.0206. The highest BCUT2D eigenvalue weighted by Crippen LogP contribution is 2.24. The second-order valence-electron chi connectivity index (χ2n) is 5.41. The Morgan fingerprint density at radius 3 is 3.10 bits per heavy atom. The highest BCUT2D eigenvalue weighted by Gasteiger charge is 2.30. The third-order valence-corrected chi connectivity index (χ3v) is 3.52. The molecule has 0 bridgehead atoms. The van der Waals surface area contributed by atoms with E-state index in [1.165, 1.54) is 0 Å². The van der Waals surface area contributed by atoms with E-state index in [4.69, 9.17) is 4.74 Å². The zero-order valence-corrected chi connectivity index (χ0v) is 12.2. The molecule has 1 aliphatic heterocycles. The van der Waals surface area contributed by atoms with Gasteiger partial charge in [0.15, 0.2) is 0 Å². The summed E-state index contributed by atoms with van der Waals surface area (Å²) in [5.74, 6) is 0.540. The fourth-order valence-corrected chi connectivity index (χ4v) is 2.31. The van der Waals surface area contributed by atoms with Crippen molar-refractivity contribution in [3.63, 3.8) is 0 Å². The molecule has 1 unspecified atom stereocenters. The summed E-state index contributed by atoms with van der Waals surface area (Å²) in [6.45, 7) is 6.24. The van der Waals surface area contributed by atoms with Gasteiger partial charge in [-0.1, -0.05) is 6.92 Å². The Labute approximate surface area is 120 Å². The van der Waals surface area contributed by atoms with E-state index in [1.807, 2.05) is 6.92 Å². The Balaban J connectivity index is 1.98. The Morgan fingerprint density at radius 2 is 2.40 bits per heavy atom. The number of hydrogen-bond acceptors (Lipinski definition) is 4. The van der Waals surface area contributed by atoms with Crippen LogP contribution in [0.5, 0.6) is 0 Å². The largest absolute Gasteiger partial charge is 0.373 e. The number of anilines is 1. The summed E-state index contributed by atoms with van der Waals surface area (Å²) < 4.78 is 5.68. The molecule has 5 nitrogen and oxygen atoms in total. The van der Waals surface area contributed by atoms with Gasteiger partial charge in [0.2, 0.25) is 0 Å². The maximum Gasteiger partial charge on any atom is 0.255 e. The summed E-state index contributed by atoms with van der Waals surface area (Å²) in [6, 6.07) is 3.57. The van der Waals surface area contributed by atoms with Crippen molar-refractivity contribution in [2.45, 2.75) is 38.7 Å². The second-order valence-corrected chi connectivity index (χ2v) is 5.41. The van der Waals surface area contributed by atoms with Crippen LogP contribution in [0, 0.1) is 0 Å². The van der Waals surface area contributed by atoms with Crippen molar-refractivity contribution >= 4 is 11.7 Å². The van der Waals surface area contributed by atoms with Crippen LogP contribution in [0.15, 0.2) is 18.3 Å². The number of carbonyl (C=O) groups excluding carboxylic acids is 1. The monoisotopic (exact) mass is 277 g/mol. The highest BCUT2D eigenvalue weighted by atomic mass is 16.5. The molecule has 0 saturated carbocycles. The van der Waals surface area contributed by atoms with Crippen LogP contribution < -0.4 is 10.6 Å². The van der Waals surface area contributed by atoms with Crippen LogP contribution in [0.25, 0.3) is 0 Å². The molecule has 0 spiro atoms. The molecular formula is C15H23N3O2. The van der Waals surface area contributed by atoms with Crippen molar-refractivity contribution in [2.24, 2.45) is 0 Å². The van der Waals surface area contributed by atoms with Crippen LogP contribution in [0.3, 0.4) is 0 Å². The first-order valence-electron chi connectivity index (χ1n) is 7.26. The number of carbonyl (C=O) groups is 1. The number of ether oxygens (including phenoxy) is 1.